The highest BCUT2D eigenvalue weighted by Crippen LogP contribution is 2.15. The molecule has 0 aliphatic rings. The molecule has 0 aliphatic carbocycles. The van der Waals surface area contributed by atoms with Gasteiger partial charge in [-0.3, -0.25) is 4.79 Å². The lowest BCUT2D eigenvalue weighted by Gasteiger charge is -2.22. The van der Waals surface area contributed by atoms with Crippen LogP contribution in [0.2, 0.25) is 0 Å². The zero-order valence-electron chi connectivity index (χ0n) is 13.8. The average molecular weight is 292 g/mol. The summed E-state index contributed by atoms with van der Waals surface area (Å²) in [7, 11) is 5.49. The minimum atomic E-state index is -0.166. The molecular weight excluding hydrogens is 264 g/mol. The second kappa shape index (κ2) is 8.67. The largest absolute Gasteiger partial charge is 0.469 e. The molecule has 0 saturated carbocycles. The third kappa shape index (κ3) is 6.17. The van der Waals surface area contributed by atoms with Crippen LogP contribution in [0.4, 0.5) is 5.69 Å². The number of anilines is 1. The summed E-state index contributed by atoms with van der Waals surface area (Å²) in [4.78, 5) is 13.6. The third-order valence-corrected chi connectivity index (χ3v) is 3.71. The Morgan fingerprint density at radius 3 is 2.38 bits per heavy atom. The van der Waals surface area contributed by atoms with E-state index in [1.807, 2.05) is 14.1 Å². The Morgan fingerprint density at radius 1 is 1.29 bits per heavy atom. The Morgan fingerprint density at radius 2 is 1.90 bits per heavy atom. The van der Waals surface area contributed by atoms with Crippen LogP contribution in [0.25, 0.3) is 0 Å². The van der Waals surface area contributed by atoms with Crippen molar-refractivity contribution >= 4 is 11.7 Å². The number of hydrogen-bond donors (Lipinski definition) is 1. The van der Waals surface area contributed by atoms with E-state index in [2.05, 4.69) is 48.3 Å². The van der Waals surface area contributed by atoms with Crippen molar-refractivity contribution < 1.29 is 9.53 Å². The van der Waals surface area contributed by atoms with Gasteiger partial charge >= 0.3 is 5.97 Å². The molecule has 1 rings (SSSR count). The van der Waals surface area contributed by atoms with Gasteiger partial charge in [-0.05, 0) is 37.5 Å². The second-order valence-electron chi connectivity index (χ2n) is 5.72. The zero-order valence-corrected chi connectivity index (χ0v) is 13.8. The van der Waals surface area contributed by atoms with E-state index >= 15 is 0 Å². The lowest BCUT2D eigenvalue weighted by Crippen LogP contribution is -2.39. The van der Waals surface area contributed by atoms with E-state index in [1.54, 1.807) is 0 Å². The van der Waals surface area contributed by atoms with E-state index in [0.717, 1.165) is 12.8 Å². The Hall–Kier alpha value is -1.55. The predicted octanol–water partition coefficient (Wildman–Crippen LogP) is 2.61. The number of carbonyl (C=O) groups is 1. The first-order chi connectivity index (χ1) is 9.96. The molecular formula is C17H28N2O2. The van der Waals surface area contributed by atoms with Crippen molar-refractivity contribution in [3.63, 3.8) is 0 Å². The summed E-state index contributed by atoms with van der Waals surface area (Å²) < 4.78 is 4.80. The van der Waals surface area contributed by atoms with Gasteiger partial charge in [0.1, 0.15) is 0 Å². The zero-order chi connectivity index (χ0) is 15.8. The maximum Gasteiger partial charge on any atom is 0.307 e. The maximum absolute atomic E-state index is 11.6. The molecule has 4 nitrogen and oxygen atoms in total. The van der Waals surface area contributed by atoms with Crippen LogP contribution >= 0.6 is 0 Å². The maximum atomic E-state index is 11.6. The molecule has 0 aliphatic heterocycles. The molecule has 2 atom stereocenters. The summed E-state index contributed by atoms with van der Waals surface area (Å²) in [5.41, 5.74) is 2.41. The van der Waals surface area contributed by atoms with Gasteiger partial charge in [-0.25, -0.2) is 0 Å². The van der Waals surface area contributed by atoms with Gasteiger partial charge in [0.25, 0.3) is 0 Å². The number of benzene rings is 1. The van der Waals surface area contributed by atoms with Gasteiger partial charge in [-0.2, -0.15) is 0 Å². The van der Waals surface area contributed by atoms with E-state index in [0.29, 0.717) is 12.5 Å². The molecule has 0 aromatic heterocycles. The van der Waals surface area contributed by atoms with E-state index in [-0.39, 0.29) is 12.0 Å². The molecule has 0 radical (unpaired) electrons. The fraction of sp³-hybridized carbons (Fsp3) is 0.588. The van der Waals surface area contributed by atoms with Crippen LogP contribution < -0.4 is 10.2 Å². The normalized spacial score (nSPS) is 13.6. The minimum Gasteiger partial charge on any atom is -0.469 e. The lowest BCUT2D eigenvalue weighted by molar-refractivity contribution is -0.141. The van der Waals surface area contributed by atoms with Gasteiger partial charge in [0.05, 0.1) is 13.5 Å². The summed E-state index contributed by atoms with van der Waals surface area (Å²) >= 11 is 0. The van der Waals surface area contributed by atoms with Gasteiger partial charge in [0.2, 0.25) is 0 Å². The van der Waals surface area contributed by atoms with Crippen molar-refractivity contribution in [2.75, 3.05) is 26.1 Å². The highest BCUT2D eigenvalue weighted by Gasteiger charge is 2.16. The van der Waals surface area contributed by atoms with Crippen LogP contribution in [0.15, 0.2) is 24.3 Å². The molecule has 4 heteroatoms. The molecule has 1 aromatic rings. The number of rotatable bonds is 8. The highest BCUT2D eigenvalue weighted by molar-refractivity contribution is 5.70. The first-order valence-corrected chi connectivity index (χ1v) is 7.55. The quantitative estimate of drug-likeness (QED) is 0.748. The van der Waals surface area contributed by atoms with Gasteiger partial charge in [0.15, 0.2) is 0 Å². The second-order valence-corrected chi connectivity index (χ2v) is 5.72. The summed E-state index contributed by atoms with van der Waals surface area (Å²) in [5.74, 6) is -0.166. The van der Waals surface area contributed by atoms with Crippen LogP contribution in [0.3, 0.4) is 0 Å². The standard InChI is InChI=1S/C17H28N2O2/c1-6-13(2)18-15(12-17(20)21-5)11-14-7-9-16(10-8-14)19(3)4/h7-10,13,15,18H,6,11-12H2,1-5H3. The SMILES string of the molecule is CCC(C)NC(CC(=O)OC)Cc1ccc(N(C)C)cc1. The summed E-state index contributed by atoms with van der Waals surface area (Å²) in [6, 6.07) is 8.95. The van der Waals surface area contributed by atoms with Crippen molar-refractivity contribution in [2.24, 2.45) is 0 Å². The number of nitrogens with zero attached hydrogens (tertiary/aromatic N) is 1. The van der Waals surface area contributed by atoms with Crippen LogP contribution in [-0.2, 0) is 16.0 Å². The molecule has 0 saturated heterocycles. The molecule has 0 spiro atoms. The van der Waals surface area contributed by atoms with Crippen molar-refractivity contribution in [3.8, 4) is 0 Å². The number of esters is 1. The molecule has 0 heterocycles. The molecule has 21 heavy (non-hydrogen) atoms. The van der Waals surface area contributed by atoms with E-state index in [1.165, 1.54) is 18.4 Å². The number of hydrogen-bond acceptors (Lipinski definition) is 4. The van der Waals surface area contributed by atoms with Crippen molar-refractivity contribution in [3.05, 3.63) is 29.8 Å². The van der Waals surface area contributed by atoms with Crippen molar-refractivity contribution in [1.29, 1.82) is 0 Å². The Bertz CT molecular complexity index is 429. The fourth-order valence-corrected chi connectivity index (χ4v) is 2.21. The van der Waals surface area contributed by atoms with Gasteiger partial charge in [-0.15, -0.1) is 0 Å². The molecule has 0 fully saturated rings. The molecule has 1 aromatic carbocycles. The monoisotopic (exact) mass is 292 g/mol. The Kier molecular flexibility index (Phi) is 7.23. The molecule has 2 unspecified atom stereocenters. The Balaban J connectivity index is 2.72. The van der Waals surface area contributed by atoms with Gasteiger partial charge < -0.3 is 15.0 Å². The topological polar surface area (TPSA) is 41.6 Å². The summed E-state index contributed by atoms with van der Waals surface area (Å²) in [6.07, 6.45) is 2.26. The van der Waals surface area contributed by atoms with Crippen LogP contribution in [0.5, 0.6) is 0 Å². The fourth-order valence-electron chi connectivity index (χ4n) is 2.21. The molecule has 0 amide bonds. The lowest BCUT2D eigenvalue weighted by atomic mass is 10.0. The number of ether oxygens (including phenoxy) is 1. The number of nitrogens with one attached hydrogen (secondary N) is 1. The third-order valence-electron chi connectivity index (χ3n) is 3.71. The predicted molar refractivity (Wildman–Crippen MR) is 87.8 cm³/mol. The minimum absolute atomic E-state index is 0.109. The summed E-state index contributed by atoms with van der Waals surface area (Å²) in [6.45, 7) is 4.28. The molecule has 0 bridgehead atoms. The van der Waals surface area contributed by atoms with E-state index in [4.69, 9.17) is 4.74 Å². The van der Waals surface area contributed by atoms with Crippen LogP contribution in [0.1, 0.15) is 32.3 Å². The van der Waals surface area contributed by atoms with Crippen molar-refractivity contribution in [1.82, 2.24) is 5.32 Å². The van der Waals surface area contributed by atoms with Gasteiger partial charge in [-0.1, -0.05) is 19.1 Å². The van der Waals surface area contributed by atoms with Crippen LogP contribution in [0, 0.1) is 0 Å². The highest BCUT2D eigenvalue weighted by atomic mass is 16.5. The number of carbonyl (C=O) groups excluding carboxylic acids is 1. The summed E-state index contributed by atoms with van der Waals surface area (Å²) in [5, 5.41) is 3.51. The average Bonchev–Trinajstić information content (AvgIpc) is 2.47. The van der Waals surface area contributed by atoms with Gasteiger partial charge in [0, 0.05) is 31.9 Å². The van der Waals surface area contributed by atoms with E-state index < -0.39 is 0 Å². The van der Waals surface area contributed by atoms with Crippen LogP contribution in [-0.4, -0.2) is 39.3 Å². The smallest absolute Gasteiger partial charge is 0.307 e. The molecule has 118 valence electrons. The number of methoxy groups -OCH3 is 1. The van der Waals surface area contributed by atoms with Crippen molar-refractivity contribution in [2.45, 2.75) is 45.2 Å². The first kappa shape index (κ1) is 17.5. The van der Waals surface area contributed by atoms with E-state index in [9.17, 15) is 4.79 Å². The Labute approximate surface area is 128 Å². The molecule has 1 N–H and O–H groups in total. The first-order valence-electron chi connectivity index (χ1n) is 7.55.